The number of rotatable bonds is 4. The Hall–Kier alpha value is -0.380. The average molecular weight is 221 g/mol. The molecular formula is C8H16NO4P. The van der Waals surface area contributed by atoms with Crippen molar-refractivity contribution in [1.82, 2.24) is 0 Å². The SMILES string of the molecule is NC(=O)CP(=O)(O)OC1CCCCC1. The maximum Gasteiger partial charge on any atom is 0.337 e. The summed E-state index contributed by atoms with van der Waals surface area (Å²) in [5.74, 6) is -0.799. The molecule has 1 saturated carbocycles. The van der Waals surface area contributed by atoms with E-state index >= 15 is 0 Å². The summed E-state index contributed by atoms with van der Waals surface area (Å²) in [5.41, 5.74) is 4.83. The first-order valence-corrected chi connectivity index (χ1v) is 6.54. The number of hydrogen-bond donors (Lipinski definition) is 2. The lowest BCUT2D eigenvalue weighted by Gasteiger charge is -2.23. The van der Waals surface area contributed by atoms with Crippen LogP contribution in [0, 0.1) is 0 Å². The Labute approximate surface area is 83.2 Å². The van der Waals surface area contributed by atoms with Gasteiger partial charge in [0.1, 0.15) is 6.16 Å². The molecule has 0 saturated heterocycles. The van der Waals surface area contributed by atoms with Crippen LogP contribution in [0.2, 0.25) is 0 Å². The van der Waals surface area contributed by atoms with E-state index in [1.54, 1.807) is 0 Å². The molecule has 1 amide bonds. The van der Waals surface area contributed by atoms with E-state index in [1.165, 1.54) is 0 Å². The third-order valence-corrected chi connectivity index (χ3v) is 3.56. The maximum absolute atomic E-state index is 11.3. The Kier molecular flexibility index (Phi) is 4.11. The standard InChI is InChI=1S/C8H16NO4P/c9-8(10)6-14(11,12)13-7-4-2-1-3-5-7/h7H,1-6H2,(H2,9,10)(H,11,12). The van der Waals surface area contributed by atoms with E-state index in [1.807, 2.05) is 0 Å². The first-order chi connectivity index (χ1) is 6.49. The van der Waals surface area contributed by atoms with Crippen LogP contribution < -0.4 is 5.73 Å². The second-order valence-corrected chi connectivity index (χ2v) is 5.43. The van der Waals surface area contributed by atoms with Crippen molar-refractivity contribution in [2.75, 3.05) is 6.16 Å². The van der Waals surface area contributed by atoms with Crippen LogP contribution in [-0.4, -0.2) is 23.1 Å². The molecule has 0 aliphatic heterocycles. The second kappa shape index (κ2) is 4.91. The summed E-state index contributed by atoms with van der Waals surface area (Å²) in [7, 11) is -3.79. The summed E-state index contributed by atoms with van der Waals surface area (Å²) in [6.07, 6.45) is 4.00. The van der Waals surface area contributed by atoms with Crippen LogP contribution >= 0.6 is 7.60 Å². The van der Waals surface area contributed by atoms with Crippen LogP contribution in [0.1, 0.15) is 32.1 Å². The summed E-state index contributed by atoms with van der Waals surface area (Å²) in [6, 6.07) is 0. The first kappa shape index (κ1) is 11.7. The lowest BCUT2D eigenvalue weighted by atomic mass is 9.98. The molecule has 14 heavy (non-hydrogen) atoms. The van der Waals surface area contributed by atoms with Gasteiger partial charge in [-0.3, -0.25) is 9.36 Å². The number of carbonyl (C=O) groups is 1. The molecule has 0 aromatic rings. The van der Waals surface area contributed by atoms with Gasteiger partial charge in [-0.05, 0) is 12.8 Å². The third kappa shape index (κ3) is 4.22. The van der Waals surface area contributed by atoms with Gasteiger partial charge in [0, 0.05) is 0 Å². The molecule has 1 rings (SSSR count). The molecule has 0 aromatic carbocycles. The minimum atomic E-state index is -3.79. The second-order valence-electron chi connectivity index (χ2n) is 3.63. The van der Waals surface area contributed by atoms with Crippen LogP contribution in [0.4, 0.5) is 0 Å². The molecule has 0 heterocycles. The number of primary amides is 1. The van der Waals surface area contributed by atoms with E-state index < -0.39 is 19.7 Å². The van der Waals surface area contributed by atoms with Crippen molar-refractivity contribution in [2.45, 2.75) is 38.2 Å². The maximum atomic E-state index is 11.3. The largest absolute Gasteiger partial charge is 0.369 e. The lowest BCUT2D eigenvalue weighted by molar-refractivity contribution is -0.115. The third-order valence-electron chi connectivity index (χ3n) is 2.22. The summed E-state index contributed by atoms with van der Waals surface area (Å²) in [6.45, 7) is 0. The highest BCUT2D eigenvalue weighted by atomic mass is 31.2. The Morgan fingerprint density at radius 1 is 1.43 bits per heavy atom. The van der Waals surface area contributed by atoms with E-state index in [4.69, 9.17) is 10.3 Å². The predicted molar refractivity (Wildman–Crippen MR) is 51.8 cm³/mol. The highest BCUT2D eigenvalue weighted by Gasteiger charge is 2.27. The fraction of sp³-hybridized carbons (Fsp3) is 0.875. The number of amides is 1. The predicted octanol–water partition coefficient (Wildman–Crippen LogP) is 1.01. The zero-order valence-electron chi connectivity index (χ0n) is 8.02. The molecule has 0 radical (unpaired) electrons. The number of hydrogen-bond acceptors (Lipinski definition) is 3. The Bertz CT molecular complexity index is 250. The quantitative estimate of drug-likeness (QED) is 0.693. The molecule has 5 nitrogen and oxygen atoms in total. The Morgan fingerprint density at radius 2 is 2.00 bits per heavy atom. The molecule has 0 aromatic heterocycles. The van der Waals surface area contributed by atoms with Gasteiger partial charge in [0.2, 0.25) is 5.91 Å². The summed E-state index contributed by atoms with van der Waals surface area (Å²) in [4.78, 5) is 19.7. The van der Waals surface area contributed by atoms with Crippen molar-refractivity contribution in [2.24, 2.45) is 5.73 Å². The molecule has 0 spiro atoms. The van der Waals surface area contributed by atoms with Gasteiger partial charge in [0.15, 0.2) is 0 Å². The highest BCUT2D eigenvalue weighted by Crippen LogP contribution is 2.44. The van der Waals surface area contributed by atoms with Crippen LogP contribution in [0.25, 0.3) is 0 Å². The molecular weight excluding hydrogens is 205 g/mol. The zero-order chi connectivity index (χ0) is 10.6. The van der Waals surface area contributed by atoms with E-state index in [-0.39, 0.29) is 6.10 Å². The van der Waals surface area contributed by atoms with Crippen molar-refractivity contribution in [3.63, 3.8) is 0 Å². The molecule has 3 N–H and O–H groups in total. The minimum absolute atomic E-state index is 0.182. The van der Waals surface area contributed by atoms with Crippen LogP contribution in [0.3, 0.4) is 0 Å². The number of carbonyl (C=O) groups excluding carboxylic acids is 1. The molecule has 6 heteroatoms. The Morgan fingerprint density at radius 3 is 2.50 bits per heavy atom. The smallest absolute Gasteiger partial charge is 0.337 e. The van der Waals surface area contributed by atoms with Gasteiger partial charge in [-0.1, -0.05) is 19.3 Å². The fourth-order valence-electron chi connectivity index (χ4n) is 1.64. The van der Waals surface area contributed by atoms with Gasteiger partial charge in [-0.15, -0.1) is 0 Å². The normalized spacial score (nSPS) is 22.9. The van der Waals surface area contributed by atoms with Crippen LogP contribution in [0.15, 0.2) is 0 Å². The average Bonchev–Trinajstić information content (AvgIpc) is 2.02. The lowest BCUT2D eigenvalue weighted by Crippen LogP contribution is -2.21. The van der Waals surface area contributed by atoms with Gasteiger partial charge < -0.3 is 15.2 Å². The monoisotopic (exact) mass is 221 g/mol. The van der Waals surface area contributed by atoms with Crippen LogP contribution in [0.5, 0.6) is 0 Å². The molecule has 0 bridgehead atoms. The fourth-order valence-corrected chi connectivity index (χ4v) is 2.78. The molecule has 1 aliphatic carbocycles. The van der Waals surface area contributed by atoms with Gasteiger partial charge in [-0.2, -0.15) is 0 Å². The molecule has 82 valence electrons. The zero-order valence-corrected chi connectivity index (χ0v) is 8.91. The first-order valence-electron chi connectivity index (χ1n) is 4.78. The van der Waals surface area contributed by atoms with Crippen molar-refractivity contribution < 1.29 is 18.8 Å². The van der Waals surface area contributed by atoms with Crippen LogP contribution in [-0.2, 0) is 13.9 Å². The highest BCUT2D eigenvalue weighted by molar-refractivity contribution is 7.53. The van der Waals surface area contributed by atoms with Gasteiger partial charge in [-0.25, -0.2) is 0 Å². The molecule has 1 unspecified atom stereocenters. The molecule has 1 atom stereocenters. The molecule has 1 fully saturated rings. The van der Waals surface area contributed by atoms with E-state index in [0.29, 0.717) is 0 Å². The Balaban J connectivity index is 2.40. The van der Waals surface area contributed by atoms with Gasteiger partial charge in [0.25, 0.3) is 0 Å². The van der Waals surface area contributed by atoms with E-state index in [0.717, 1.165) is 32.1 Å². The minimum Gasteiger partial charge on any atom is -0.369 e. The van der Waals surface area contributed by atoms with Gasteiger partial charge in [0.05, 0.1) is 6.10 Å². The van der Waals surface area contributed by atoms with Crippen molar-refractivity contribution in [3.8, 4) is 0 Å². The number of nitrogens with two attached hydrogens (primary N) is 1. The van der Waals surface area contributed by atoms with E-state index in [9.17, 15) is 14.3 Å². The van der Waals surface area contributed by atoms with Crippen molar-refractivity contribution in [3.05, 3.63) is 0 Å². The van der Waals surface area contributed by atoms with E-state index in [2.05, 4.69) is 0 Å². The molecule has 1 aliphatic rings. The van der Waals surface area contributed by atoms with Crippen molar-refractivity contribution in [1.29, 1.82) is 0 Å². The van der Waals surface area contributed by atoms with Crippen molar-refractivity contribution >= 4 is 13.5 Å². The topological polar surface area (TPSA) is 89.6 Å². The summed E-state index contributed by atoms with van der Waals surface area (Å²) >= 11 is 0. The summed E-state index contributed by atoms with van der Waals surface area (Å²) in [5, 5.41) is 0. The van der Waals surface area contributed by atoms with Gasteiger partial charge >= 0.3 is 7.60 Å². The summed E-state index contributed by atoms with van der Waals surface area (Å²) < 4.78 is 16.3.